The van der Waals surface area contributed by atoms with E-state index >= 15 is 0 Å². The maximum absolute atomic E-state index is 5.13. The van der Waals surface area contributed by atoms with Crippen molar-refractivity contribution in [3.05, 3.63) is 21.6 Å². The molecule has 0 saturated heterocycles. The van der Waals surface area contributed by atoms with E-state index in [0.29, 0.717) is 5.82 Å². The molecule has 0 aliphatic rings. The lowest BCUT2D eigenvalue weighted by atomic mass is 10.2. The average molecular weight is 297 g/mol. The molecule has 0 aromatic carbocycles. The van der Waals surface area contributed by atoms with E-state index < -0.39 is 0 Å². The molecule has 90 valence electrons. The molecule has 6 heteroatoms. The van der Waals surface area contributed by atoms with Crippen LogP contribution in [0.5, 0.6) is 0 Å². The van der Waals surface area contributed by atoms with Crippen LogP contribution in [0.25, 0.3) is 11.4 Å². The third-order valence-electron chi connectivity index (χ3n) is 2.51. The van der Waals surface area contributed by atoms with E-state index in [1.54, 1.807) is 0 Å². The standard InChI is InChI=1S/C11H13BrN4O/c1-5-8(7(3)17-16-5)10-14-6(2)9(12)11(13-4)15-10/h1-4H3,(H,13,14,15). The van der Waals surface area contributed by atoms with Crippen molar-refractivity contribution in [3.8, 4) is 11.4 Å². The van der Waals surface area contributed by atoms with Gasteiger partial charge in [0.25, 0.3) is 0 Å². The molecule has 0 aliphatic heterocycles. The number of aryl methyl sites for hydroxylation is 3. The van der Waals surface area contributed by atoms with Crippen LogP contribution in [0.1, 0.15) is 17.1 Å². The van der Waals surface area contributed by atoms with Gasteiger partial charge in [-0.2, -0.15) is 0 Å². The topological polar surface area (TPSA) is 63.8 Å². The Balaban J connectivity index is 2.65. The molecule has 17 heavy (non-hydrogen) atoms. The van der Waals surface area contributed by atoms with Crippen LogP contribution in [0.4, 0.5) is 5.82 Å². The fourth-order valence-corrected chi connectivity index (χ4v) is 2.01. The van der Waals surface area contributed by atoms with Crippen LogP contribution in [0.3, 0.4) is 0 Å². The Kier molecular flexibility index (Phi) is 3.15. The summed E-state index contributed by atoms with van der Waals surface area (Å²) in [4.78, 5) is 8.89. The van der Waals surface area contributed by atoms with Gasteiger partial charge in [0.2, 0.25) is 0 Å². The van der Waals surface area contributed by atoms with E-state index in [2.05, 4.69) is 36.4 Å². The Morgan fingerprint density at radius 2 is 1.82 bits per heavy atom. The quantitative estimate of drug-likeness (QED) is 0.923. The molecular weight excluding hydrogens is 284 g/mol. The molecule has 0 aliphatic carbocycles. The van der Waals surface area contributed by atoms with E-state index in [1.165, 1.54) is 0 Å². The lowest BCUT2D eigenvalue weighted by Gasteiger charge is -2.08. The van der Waals surface area contributed by atoms with Gasteiger partial charge in [0.15, 0.2) is 5.82 Å². The second-order valence-electron chi connectivity index (χ2n) is 3.74. The van der Waals surface area contributed by atoms with Crippen molar-refractivity contribution in [2.45, 2.75) is 20.8 Å². The molecule has 0 fully saturated rings. The number of aromatic nitrogens is 3. The molecule has 0 saturated carbocycles. The summed E-state index contributed by atoms with van der Waals surface area (Å²) < 4.78 is 6.00. The van der Waals surface area contributed by atoms with Gasteiger partial charge in [-0.1, -0.05) is 5.16 Å². The molecule has 2 aromatic rings. The zero-order valence-corrected chi connectivity index (χ0v) is 11.7. The highest BCUT2D eigenvalue weighted by Gasteiger charge is 2.17. The van der Waals surface area contributed by atoms with E-state index in [1.807, 2.05) is 27.8 Å². The second kappa shape index (κ2) is 4.44. The summed E-state index contributed by atoms with van der Waals surface area (Å²) in [5.74, 6) is 2.12. The number of nitrogens with zero attached hydrogens (tertiary/aromatic N) is 3. The number of nitrogens with one attached hydrogen (secondary N) is 1. The van der Waals surface area contributed by atoms with Gasteiger partial charge in [-0.05, 0) is 36.7 Å². The van der Waals surface area contributed by atoms with Crippen LogP contribution in [-0.2, 0) is 0 Å². The Hall–Kier alpha value is -1.43. The van der Waals surface area contributed by atoms with Gasteiger partial charge in [-0.15, -0.1) is 0 Å². The third-order valence-corrected chi connectivity index (χ3v) is 3.46. The molecule has 1 N–H and O–H groups in total. The van der Waals surface area contributed by atoms with Crippen LogP contribution < -0.4 is 5.32 Å². The molecule has 2 aromatic heterocycles. The van der Waals surface area contributed by atoms with Gasteiger partial charge < -0.3 is 9.84 Å². The molecule has 0 spiro atoms. The first-order valence-corrected chi connectivity index (χ1v) is 5.99. The molecule has 0 atom stereocenters. The summed E-state index contributed by atoms with van der Waals surface area (Å²) in [6.45, 7) is 5.66. The lowest BCUT2D eigenvalue weighted by Crippen LogP contribution is -2.01. The fourth-order valence-electron chi connectivity index (χ4n) is 1.64. The van der Waals surface area contributed by atoms with Crippen LogP contribution in [0.2, 0.25) is 0 Å². The fraction of sp³-hybridized carbons (Fsp3) is 0.364. The zero-order valence-electron chi connectivity index (χ0n) is 10.1. The number of hydrogen-bond donors (Lipinski definition) is 1. The first kappa shape index (κ1) is 12.0. The highest BCUT2D eigenvalue weighted by molar-refractivity contribution is 9.10. The van der Waals surface area contributed by atoms with Gasteiger partial charge in [0.05, 0.1) is 21.4 Å². The summed E-state index contributed by atoms with van der Waals surface area (Å²) in [7, 11) is 1.82. The highest BCUT2D eigenvalue weighted by atomic mass is 79.9. The van der Waals surface area contributed by atoms with Crippen molar-refractivity contribution in [2.24, 2.45) is 0 Å². The smallest absolute Gasteiger partial charge is 0.167 e. The van der Waals surface area contributed by atoms with Crippen LogP contribution in [-0.4, -0.2) is 22.2 Å². The summed E-state index contributed by atoms with van der Waals surface area (Å²) in [6.07, 6.45) is 0. The maximum Gasteiger partial charge on any atom is 0.167 e. The van der Waals surface area contributed by atoms with Crippen molar-refractivity contribution >= 4 is 21.7 Å². The van der Waals surface area contributed by atoms with E-state index in [4.69, 9.17) is 4.52 Å². The van der Waals surface area contributed by atoms with Gasteiger partial charge in [-0.3, -0.25) is 0 Å². The molecule has 0 bridgehead atoms. The Bertz CT molecular complexity index is 545. The Morgan fingerprint density at radius 1 is 1.12 bits per heavy atom. The summed E-state index contributed by atoms with van der Waals surface area (Å²) in [5, 5.41) is 6.94. The molecule has 5 nitrogen and oxygen atoms in total. The van der Waals surface area contributed by atoms with E-state index in [9.17, 15) is 0 Å². The van der Waals surface area contributed by atoms with Crippen LogP contribution in [0.15, 0.2) is 9.00 Å². The minimum Gasteiger partial charge on any atom is -0.372 e. The first-order chi connectivity index (χ1) is 8.04. The second-order valence-corrected chi connectivity index (χ2v) is 4.54. The molecule has 0 radical (unpaired) electrons. The van der Waals surface area contributed by atoms with Crippen molar-refractivity contribution in [1.29, 1.82) is 0 Å². The van der Waals surface area contributed by atoms with E-state index in [-0.39, 0.29) is 0 Å². The number of hydrogen-bond acceptors (Lipinski definition) is 5. The number of halogens is 1. The van der Waals surface area contributed by atoms with Crippen molar-refractivity contribution in [1.82, 2.24) is 15.1 Å². The first-order valence-electron chi connectivity index (χ1n) is 5.19. The predicted octanol–water partition coefficient (Wildman–Crippen LogP) is 2.86. The summed E-state index contributed by atoms with van der Waals surface area (Å²) in [6, 6.07) is 0. The minimum absolute atomic E-state index is 0.631. The van der Waals surface area contributed by atoms with Gasteiger partial charge in [0.1, 0.15) is 11.6 Å². The Labute approximate surface area is 108 Å². The molecule has 2 rings (SSSR count). The highest BCUT2D eigenvalue weighted by Crippen LogP contribution is 2.29. The lowest BCUT2D eigenvalue weighted by molar-refractivity contribution is 0.393. The van der Waals surface area contributed by atoms with Crippen LogP contribution in [0, 0.1) is 20.8 Å². The van der Waals surface area contributed by atoms with Gasteiger partial charge in [-0.25, -0.2) is 9.97 Å². The normalized spacial score (nSPS) is 10.6. The van der Waals surface area contributed by atoms with Crippen LogP contribution >= 0.6 is 15.9 Å². The Morgan fingerprint density at radius 3 is 2.35 bits per heavy atom. The largest absolute Gasteiger partial charge is 0.372 e. The molecular formula is C11H13BrN4O. The van der Waals surface area contributed by atoms with Crippen molar-refractivity contribution < 1.29 is 4.52 Å². The van der Waals surface area contributed by atoms with E-state index in [0.717, 1.165) is 33.0 Å². The average Bonchev–Trinajstić information content (AvgIpc) is 2.62. The summed E-state index contributed by atoms with van der Waals surface area (Å²) >= 11 is 3.45. The number of rotatable bonds is 2. The van der Waals surface area contributed by atoms with Gasteiger partial charge >= 0.3 is 0 Å². The van der Waals surface area contributed by atoms with Crippen molar-refractivity contribution in [2.75, 3.05) is 12.4 Å². The summed E-state index contributed by atoms with van der Waals surface area (Å²) in [5.41, 5.74) is 2.53. The molecule has 2 heterocycles. The maximum atomic E-state index is 5.13. The molecule has 0 unspecified atom stereocenters. The molecule has 0 amide bonds. The minimum atomic E-state index is 0.631. The van der Waals surface area contributed by atoms with Crippen molar-refractivity contribution in [3.63, 3.8) is 0 Å². The predicted molar refractivity (Wildman–Crippen MR) is 69.0 cm³/mol. The van der Waals surface area contributed by atoms with Gasteiger partial charge in [0, 0.05) is 7.05 Å². The monoisotopic (exact) mass is 296 g/mol. The SMILES string of the molecule is CNc1nc(-c2c(C)noc2C)nc(C)c1Br. The third kappa shape index (κ3) is 2.04. The number of anilines is 1. The zero-order chi connectivity index (χ0) is 12.6.